The molecule has 0 spiro atoms. The number of oxime groups is 1. The van der Waals surface area contributed by atoms with Crippen molar-refractivity contribution in [1.29, 1.82) is 0 Å². The van der Waals surface area contributed by atoms with Gasteiger partial charge in [0.2, 0.25) is 6.10 Å². The maximum Gasteiger partial charge on any atom is 0.264 e. The van der Waals surface area contributed by atoms with E-state index in [0.717, 1.165) is 35.4 Å². The number of carbonyl (C=O) groups is 1. The fourth-order valence-corrected chi connectivity index (χ4v) is 2.77. The number of nitrogens with one attached hydrogen (secondary N) is 1. The fourth-order valence-electron chi connectivity index (χ4n) is 2.77. The summed E-state index contributed by atoms with van der Waals surface area (Å²) in [6, 6.07) is 7.91. The van der Waals surface area contributed by atoms with Crippen molar-refractivity contribution in [3.63, 3.8) is 0 Å². The van der Waals surface area contributed by atoms with Gasteiger partial charge in [0.15, 0.2) is 0 Å². The lowest BCUT2D eigenvalue weighted by Crippen LogP contribution is -2.35. The SMILES string of the molecule is COc1ccccc1CCCNC(=O)C1CC(c2cnn(C)c2)=NO1. The van der Waals surface area contributed by atoms with Crippen LogP contribution in [-0.4, -0.2) is 41.2 Å². The third-order valence-corrected chi connectivity index (χ3v) is 4.11. The maximum atomic E-state index is 12.2. The standard InChI is InChI=1S/C18H22N4O3/c1-22-12-14(11-20-22)15-10-17(25-21-15)18(23)19-9-5-7-13-6-3-4-8-16(13)24-2/h3-4,6,8,11-12,17H,5,7,9-10H2,1-2H3,(H,19,23). The van der Waals surface area contributed by atoms with Gasteiger partial charge in [-0.2, -0.15) is 5.10 Å². The first-order chi connectivity index (χ1) is 12.2. The monoisotopic (exact) mass is 342 g/mol. The summed E-state index contributed by atoms with van der Waals surface area (Å²) >= 11 is 0. The molecule has 0 saturated carbocycles. The normalized spacial score (nSPS) is 16.2. The van der Waals surface area contributed by atoms with E-state index >= 15 is 0 Å². The average Bonchev–Trinajstić information content (AvgIpc) is 3.28. The molecular formula is C18H22N4O3. The van der Waals surface area contributed by atoms with Crippen LogP contribution in [0.25, 0.3) is 0 Å². The van der Waals surface area contributed by atoms with E-state index in [-0.39, 0.29) is 5.91 Å². The van der Waals surface area contributed by atoms with E-state index in [1.807, 2.05) is 37.5 Å². The summed E-state index contributed by atoms with van der Waals surface area (Å²) < 4.78 is 7.03. The second-order valence-electron chi connectivity index (χ2n) is 5.95. The Bertz CT molecular complexity index is 769. The van der Waals surface area contributed by atoms with Crippen molar-refractivity contribution >= 4 is 11.6 Å². The molecule has 132 valence electrons. The Morgan fingerprint density at radius 2 is 2.28 bits per heavy atom. The summed E-state index contributed by atoms with van der Waals surface area (Å²) in [5.41, 5.74) is 2.77. The van der Waals surface area contributed by atoms with E-state index in [2.05, 4.69) is 15.6 Å². The molecule has 1 aliphatic heterocycles. The number of nitrogens with zero attached hydrogens (tertiary/aromatic N) is 3. The summed E-state index contributed by atoms with van der Waals surface area (Å²) in [6.45, 7) is 0.582. The minimum Gasteiger partial charge on any atom is -0.496 e. The highest BCUT2D eigenvalue weighted by Gasteiger charge is 2.29. The van der Waals surface area contributed by atoms with E-state index < -0.39 is 6.10 Å². The Balaban J connectivity index is 1.42. The second kappa shape index (κ2) is 7.83. The molecule has 3 rings (SSSR count). The fraction of sp³-hybridized carbons (Fsp3) is 0.389. The third-order valence-electron chi connectivity index (χ3n) is 4.11. The van der Waals surface area contributed by atoms with Crippen molar-refractivity contribution in [2.45, 2.75) is 25.4 Å². The molecule has 7 nitrogen and oxygen atoms in total. The quantitative estimate of drug-likeness (QED) is 0.777. The summed E-state index contributed by atoms with van der Waals surface area (Å²) in [4.78, 5) is 17.5. The van der Waals surface area contributed by atoms with Gasteiger partial charge in [0.05, 0.1) is 19.0 Å². The number of aryl methyl sites for hydroxylation is 2. The molecule has 1 unspecified atom stereocenters. The number of hydrogen-bond donors (Lipinski definition) is 1. The van der Waals surface area contributed by atoms with Crippen LogP contribution in [-0.2, 0) is 23.1 Å². The number of amides is 1. The van der Waals surface area contributed by atoms with Gasteiger partial charge < -0.3 is 14.9 Å². The van der Waals surface area contributed by atoms with E-state index in [1.165, 1.54) is 0 Å². The second-order valence-corrected chi connectivity index (χ2v) is 5.95. The highest BCUT2D eigenvalue weighted by Crippen LogP contribution is 2.19. The topological polar surface area (TPSA) is 77.7 Å². The van der Waals surface area contributed by atoms with Crippen molar-refractivity contribution in [2.75, 3.05) is 13.7 Å². The van der Waals surface area contributed by atoms with Crippen LogP contribution in [0.15, 0.2) is 41.8 Å². The van der Waals surface area contributed by atoms with Crippen LogP contribution in [0.2, 0.25) is 0 Å². The first-order valence-corrected chi connectivity index (χ1v) is 8.28. The summed E-state index contributed by atoms with van der Waals surface area (Å²) in [5, 5.41) is 11.0. The number of ether oxygens (including phenoxy) is 1. The zero-order valence-electron chi connectivity index (χ0n) is 14.4. The van der Waals surface area contributed by atoms with E-state index in [9.17, 15) is 4.79 Å². The maximum absolute atomic E-state index is 12.2. The van der Waals surface area contributed by atoms with Crippen molar-refractivity contribution in [1.82, 2.24) is 15.1 Å². The van der Waals surface area contributed by atoms with Gasteiger partial charge in [-0.1, -0.05) is 23.4 Å². The lowest BCUT2D eigenvalue weighted by molar-refractivity contribution is -0.131. The lowest BCUT2D eigenvalue weighted by atomic mass is 10.1. The minimum absolute atomic E-state index is 0.136. The Morgan fingerprint density at radius 3 is 3.04 bits per heavy atom. The zero-order valence-corrected chi connectivity index (χ0v) is 14.4. The van der Waals surface area contributed by atoms with Crippen LogP contribution in [0, 0.1) is 0 Å². The summed E-state index contributed by atoms with van der Waals surface area (Å²) in [5.74, 6) is 0.741. The van der Waals surface area contributed by atoms with Crippen LogP contribution < -0.4 is 10.1 Å². The van der Waals surface area contributed by atoms with Gasteiger partial charge in [-0.3, -0.25) is 9.48 Å². The van der Waals surface area contributed by atoms with Gasteiger partial charge in [0.25, 0.3) is 5.91 Å². The number of hydrogen-bond acceptors (Lipinski definition) is 5. The van der Waals surface area contributed by atoms with Gasteiger partial charge in [-0.25, -0.2) is 0 Å². The molecule has 1 N–H and O–H groups in total. The van der Waals surface area contributed by atoms with Crippen molar-refractivity contribution in [3.8, 4) is 5.75 Å². The molecule has 25 heavy (non-hydrogen) atoms. The Morgan fingerprint density at radius 1 is 1.44 bits per heavy atom. The van der Waals surface area contributed by atoms with E-state index in [1.54, 1.807) is 18.0 Å². The molecule has 0 bridgehead atoms. The molecule has 1 aromatic carbocycles. The zero-order chi connectivity index (χ0) is 17.6. The van der Waals surface area contributed by atoms with Crippen LogP contribution >= 0.6 is 0 Å². The molecule has 2 heterocycles. The van der Waals surface area contributed by atoms with Gasteiger partial charge in [-0.15, -0.1) is 0 Å². The molecule has 7 heteroatoms. The van der Waals surface area contributed by atoms with Gasteiger partial charge >= 0.3 is 0 Å². The van der Waals surface area contributed by atoms with E-state index in [0.29, 0.717) is 13.0 Å². The first kappa shape index (κ1) is 17.0. The molecule has 1 atom stereocenters. The van der Waals surface area contributed by atoms with Crippen molar-refractivity contribution in [2.24, 2.45) is 12.2 Å². The molecule has 0 fully saturated rings. The molecular weight excluding hydrogens is 320 g/mol. The number of benzene rings is 1. The first-order valence-electron chi connectivity index (χ1n) is 8.28. The van der Waals surface area contributed by atoms with Crippen LogP contribution in [0.1, 0.15) is 24.0 Å². The molecule has 0 aliphatic carbocycles. The number of para-hydroxylation sites is 1. The largest absolute Gasteiger partial charge is 0.496 e. The summed E-state index contributed by atoms with van der Waals surface area (Å²) in [7, 11) is 3.50. The minimum atomic E-state index is -0.568. The highest BCUT2D eigenvalue weighted by atomic mass is 16.6. The predicted molar refractivity (Wildman–Crippen MR) is 93.6 cm³/mol. The molecule has 0 saturated heterocycles. The number of rotatable bonds is 7. The average molecular weight is 342 g/mol. The molecule has 2 aromatic rings. The molecule has 1 aliphatic rings. The Labute approximate surface area is 146 Å². The van der Waals surface area contributed by atoms with Crippen molar-refractivity contribution < 1.29 is 14.4 Å². The summed E-state index contributed by atoms with van der Waals surface area (Å²) in [6.07, 6.45) is 5.14. The van der Waals surface area contributed by atoms with Gasteiger partial charge in [0, 0.05) is 31.8 Å². The van der Waals surface area contributed by atoms with E-state index in [4.69, 9.17) is 9.57 Å². The molecule has 1 aromatic heterocycles. The third kappa shape index (κ3) is 4.17. The molecule has 1 amide bonds. The van der Waals surface area contributed by atoms with Crippen LogP contribution in [0.4, 0.5) is 0 Å². The number of aromatic nitrogens is 2. The smallest absolute Gasteiger partial charge is 0.264 e. The highest BCUT2D eigenvalue weighted by molar-refractivity contribution is 6.03. The van der Waals surface area contributed by atoms with Crippen LogP contribution in [0.5, 0.6) is 5.75 Å². The van der Waals surface area contributed by atoms with Crippen molar-refractivity contribution in [3.05, 3.63) is 47.8 Å². The predicted octanol–water partition coefficient (Wildman–Crippen LogP) is 1.67. The Kier molecular flexibility index (Phi) is 5.33. The molecule has 0 radical (unpaired) electrons. The number of carbonyl (C=O) groups excluding carboxylic acids is 1. The number of methoxy groups -OCH3 is 1. The van der Waals surface area contributed by atoms with Gasteiger partial charge in [0.1, 0.15) is 5.75 Å². The Hall–Kier alpha value is -2.83. The lowest BCUT2D eigenvalue weighted by Gasteiger charge is -2.10. The van der Waals surface area contributed by atoms with Gasteiger partial charge in [-0.05, 0) is 24.5 Å². The van der Waals surface area contributed by atoms with Crippen LogP contribution in [0.3, 0.4) is 0 Å².